The molecule has 0 fully saturated rings. The minimum Gasteiger partial charge on any atom is -0.423 e. The Labute approximate surface area is 191 Å². The van der Waals surface area contributed by atoms with Gasteiger partial charge in [-0.3, -0.25) is 9.59 Å². The summed E-state index contributed by atoms with van der Waals surface area (Å²) in [5.74, 6) is -2.73. The van der Waals surface area contributed by atoms with Gasteiger partial charge in [-0.05, 0) is 42.3 Å². The van der Waals surface area contributed by atoms with E-state index in [1.54, 1.807) is 19.2 Å². The molecule has 2 aromatic carbocycles. The molecule has 4 N–H and O–H groups in total. The molecule has 9 nitrogen and oxygen atoms in total. The van der Waals surface area contributed by atoms with E-state index in [1.807, 2.05) is 17.4 Å². The van der Waals surface area contributed by atoms with Crippen LogP contribution in [0.1, 0.15) is 12.0 Å². The highest BCUT2D eigenvalue weighted by Crippen LogP contribution is 2.37. The third-order valence-electron chi connectivity index (χ3n) is 4.84. The van der Waals surface area contributed by atoms with Crippen LogP contribution in [0.3, 0.4) is 0 Å². The van der Waals surface area contributed by atoms with Gasteiger partial charge in [-0.1, -0.05) is 12.1 Å². The van der Waals surface area contributed by atoms with E-state index in [1.165, 1.54) is 18.2 Å². The Morgan fingerprint density at radius 1 is 1.15 bits per heavy atom. The Hall–Kier alpha value is -4.35. The zero-order chi connectivity index (χ0) is 24.3. The van der Waals surface area contributed by atoms with E-state index in [-0.39, 0.29) is 34.8 Å². The largest absolute Gasteiger partial charge is 0.482 e. The maximum Gasteiger partial charge on any atom is 0.482 e. The van der Waals surface area contributed by atoms with E-state index in [2.05, 4.69) is 30.7 Å². The molecule has 2 amide bonds. The quantitative estimate of drug-likeness (QED) is 0.414. The first kappa shape index (κ1) is 22.8. The molecule has 3 aromatic rings. The van der Waals surface area contributed by atoms with Crippen molar-refractivity contribution in [3.8, 4) is 5.75 Å². The summed E-state index contributed by atoms with van der Waals surface area (Å²) >= 11 is 0. The Morgan fingerprint density at radius 3 is 2.74 bits per heavy atom. The lowest BCUT2D eigenvalue weighted by Gasteiger charge is -2.25. The normalized spacial score (nSPS) is 13.8. The van der Waals surface area contributed by atoms with Crippen LogP contribution >= 0.6 is 0 Å². The molecule has 0 saturated carbocycles. The highest BCUT2D eigenvalue weighted by molar-refractivity contribution is 5.99. The third-order valence-corrected chi connectivity index (χ3v) is 4.84. The summed E-state index contributed by atoms with van der Waals surface area (Å²) in [6.45, 7) is 0. The molecule has 0 radical (unpaired) electrons. The van der Waals surface area contributed by atoms with Crippen LogP contribution in [0.2, 0.25) is 0 Å². The van der Waals surface area contributed by atoms with Gasteiger partial charge in [0.15, 0.2) is 17.4 Å². The second-order valence-corrected chi connectivity index (χ2v) is 7.30. The zero-order valence-corrected chi connectivity index (χ0v) is 17.8. The van der Waals surface area contributed by atoms with Crippen molar-refractivity contribution in [2.75, 3.05) is 23.0 Å². The lowest BCUT2D eigenvalue weighted by atomic mass is 10.1. The Kier molecular flexibility index (Phi) is 6.21. The second-order valence-electron chi connectivity index (χ2n) is 7.30. The molecular formula is C22H19F3N6O3. The molecule has 0 unspecified atom stereocenters. The standard InChI is InChI=1S/C22H19F3N6O3/c1-26-18(32)8-5-12-3-2-4-13(9-12)29-21-27-11-15(23)19(31-21)28-14-6-7-17-16(10-14)30-20(33)22(24,25)34-17/h2-4,6-7,9-11H,5,8H2,1H3,(H,26,32)(H,30,33)(H2,27,28,29,31). The number of hydrogen-bond acceptors (Lipinski definition) is 7. The molecule has 1 aliphatic rings. The number of alkyl halides is 2. The number of halogens is 3. The fourth-order valence-electron chi connectivity index (χ4n) is 3.14. The maximum atomic E-state index is 14.3. The van der Waals surface area contributed by atoms with Crippen LogP contribution in [0.15, 0.2) is 48.7 Å². The zero-order valence-electron chi connectivity index (χ0n) is 17.8. The van der Waals surface area contributed by atoms with Crippen molar-refractivity contribution in [1.29, 1.82) is 0 Å². The third kappa shape index (κ3) is 5.17. The number of ether oxygens (including phenoxy) is 1. The maximum absolute atomic E-state index is 14.3. The number of amides is 2. The molecule has 0 bridgehead atoms. The van der Waals surface area contributed by atoms with Crippen molar-refractivity contribution >= 4 is 40.6 Å². The Balaban J connectivity index is 1.49. The summed E-state index contributed by atoms with van der Waals surface area (Å²) in [5.41, 5.74) is 1.83. The van der Waals surface area contributed by atoms with Crippen molar-refractivity contribution in [1.82, 2.24) is 15.3 Å². The number of carbonyl (C=O) groups is 2. The number of fused-ring (bicyclic) bond motifs is 1. The van der Waals surface area contributed by atoms with Crippen LogP contribution in [0.4, 0.5) is 42.0 Å². The van der Waals surface area contributed by atoms with Gasteiger partial charge in [-0.25, -0.2) is 9.37 Å². The van der Waals surface area contributed by atoms with E-state index in [0.717, 1.165) is 11.8 Å². The van der Waals surface area contributed by atoms with Crippen molar-refractivity contribution in [3.05, 3.63) is 60.0 Å². The first-order valence-corrected chi connectivity index (χ1v) is 10.1. The van der Waals surface area contributed by atoms with Crippen molar-refractivity contribution in [2.45, 2.75) is 19.0 Å². The average molecular weight is 472 g/mol. The van der Waals surface area contributed by atoms with Crippen molar-refractivity contribution in [2.24, 2.45) is 0 Å². The molecule has 0 saturated heterocycles. The molecule has 1 aromatic heterocycles. The molecule has 4 rings (SSSR count). The lowest BCUT2D eigenvalue weighted by Crippen LogP contribution is -2.43. The Morgan fingerprint density at radius 2 is 1.94 bits per heavy atom. The summed E-state index contributed by atoms with van der Waals surface area (Å²) in [7, 11) is 1.57. The van der Waals surface area contributed by atoms with Crippen LogP contribution in [-0.4, -0.2) is 34.9 Å². The number of rotatable bonds is 7. The molecular weight excluding hydrogens is 453 g/mol. The molecule has 1 aliphatic heterocycles. The fourth-order valence-corrected chi connectivity index (χ4v) is 3.14. The van der Waals surface area contributed by atoms with Gasteiger partial charge in [0.2, 0.25) is 11.9 Å². The Bertz CT molecular complexity index is 1250. The number of benzene rings is 2. The van der Waals surface area contributed by atoms with Crippen molar-refractivity contribution < 1.29 is 27.5 Å². The van der Waals surface area contributed by atoms with Gasteiger partial charge >= 0.3 is 12.0 Å². The number of nitrogens with zero attached hydrogens (tertiary/aromatic N) is 2. The predicted octanol–water partition coefficient (Wildman–Crippen LogP) is 3.71. The molecule has 12 heteroatoms. The predicted molar refractivity (Wildman–Crippen MR) is 118 cm³/mol. The van der Waals surface area contributed by atoms with E-state index < -0.39 is 17.8 Å². The molecule has 176 valence electrons. The monoisotopic (exact) mass is 472 g/mol. The van der Waals surface area contributed by atoms with Crippen LogP contribution in [0.25, 0.3) is 0 Å². The fraction of sp³-hybridized carbons (Fsp3) is 0.182. The molecule has 2 heterocycles. The second kappa shape index (κ2) is 9.25. The number of carbonyl (C=O) groups excluding carboxylic acids is 2. The molecule has 34 heavy (non-hydrogen) atoms. The van der Waals surface area contributed by atoms with Crippen LogP contribution in [-0.2, 0) is 16.0 Å². The number of hydrogen-bond donors (Lipinski definition) is 4. The van der Waals surface area contributed by atoms with Crippen LogP contribution < -0.4 is 26.0 Å². The van der Waals surface area contributed by atoms with E-state index in [4.69, 9.17) is 0 Å². The van der Waals surface area contributed by atoms with Crippen LogP contribution in [0.5, 0.6) is 5.75 Å². The lowest BCUT2D eigenvalue weighted by molar-refractivity contribution is -0.189. The molecule has 0 atom stereocenters. The van der Waals surface area contributed by atoms with Crippen LogP contribution in [0, 0.1) is 5.82 Å². The SMILES string of the molecule is CNC(=O)CCc1cccc(Nc2ncc(F)c(Nc3ccc4c(c3)NC(=O)C(F)(F)O4)n2)c1. The van der Waals surface area contributed by atoms with Gasteiger partial charge in [0.25, 0.3) is 0 Å². The van der Waals surface area contributed by atoms with Gasteiger partial charge < -0.3 is 26.0 Å². The summed E-state index contributed by atoms with van der Waals surface area (Å²) < 4.78 is 45.5. The first-order chi connectivity index (χ1) is 16.2. The minimum atomic E-state index is -3.97. The number of anilines is 5. The van der Waals surface area contributed by atoms with Gasteiger partial charge in [0.05, 0.1) is 11.9 Å². The number of aromatic nitrogens is 2. The van der Waals surface area contributed by atoms with Gasteiger partial charge in [0, 0.05) is 24.8 Å². The topological polar surface area (TPSA) is 117 Å². The average Bonchev–Trinajstić information content (AvgIpc) is 2.81. The van der Waals surface area contributed by atoms with Gasteiger partial charge in [0.1, 0.15) is 0 Å². The summed E-state index contributed by atoms with van der Waals surface area (Å²) in [6, 6.07) is 11.2. The first-order valence-electron chi connectivity index (χ1n) is 10.1. The smallest absolute Gasteiger partial charge is 0.423 e. The number of nitrogens with one attached hydrogen (secondary N) is 4. The molecule has 0 aliphatic carbocycles. The number of aryl methyl sites for hydroxylation is 1. The van der Waals surface area contributed by atoms with E-state index >= 15 is 0 Å². The summed E-state index contributed by atoms with van der Waals surface area (Å²) in [6.07, 6.45) is -2.13. The highest BCUT2D eigenvalue weighted by atomic mass is 19.3. The van der Waals surface area contributed by atoms with Gasteiger partial charge in [-0.15, -0.1) is 0 Å². The highest BCUT2D eigenvalue weighted by Gasteiger charge is 2.46. The van der Waals surface area contributed by atoms with Crippen molar-refractivity contribution in [3.63, 3.8) is 0 Å². The van der Waals surface area contributed by atoms with E-state index in [9.17, 15) is 22.8 Å². The van der Waals surface area contributed by atoms with Gasteiger partial charge in [-0.2, -0.15) is 13.8 Å². The minimum absolute atomic E-state index is 0.00214. The molecule has 0 spiro atoms. The van der Waals surface area contributed by atoms with E-state index in [0.29, 0.717) is 18.5 Å². The summed E-state index contributed by atoms with van der Waals surface area (Å²) in [5, 5.41) is 10.3. The summed E-state index contributed by atoms with van der Waals surface area (Å²) in [4.78, 5) is 30.9.